The van der Waals surface area contributed by atoms with E-state index in [1.54, 1.807) is 43.3 Å². The Hall–Kier alpha value is -3.34. The molecule has 0 saturated carbocycles. The molecule has 0 spiro atoms. The van der Waals surface area contributed by atoms with Crippen LogP contribution < -0.4 is 9.47 Å². The van der Waals surface area contributed by atoms with Crippen molar-refractivity contribution in [3.63, 3.8) is 0 Å². The normalized spacial score (nSPS) is 10.6. The van der Waals surface area contributed by atoms with E-state index in [9.17, 15) is 14.7 Å². The van der Waals surface area contributed by atoms with Crippen molar-refractivity contribution in [2.45, 2.75) is 13.3 Å². The van der Waals surface area contributed by atoms with E-state index in [1.165, 1.54) is 20.3 Å². The second-order valence-electron chi connectivity index (χ2n) is 5.97. The number of hydrogen-bond acceptors (Lipinski definition) is 5. The largest absolute Gasteiger partial charge is 0.502 e. The Balaban J connectivity index is 2.52. The first-order chi connectivity index (χ1) is 12.9. The van der Waals surface area contributed by atoms with Gasteiger partial charge in [0.2, 0.25) is 5.75 Å². The van der Waals surface area contributed by atoms with Crippen molar-refractivity contribution in [2.75, 3.05) is 14.2 Å². The molecule has 0 aliphatic rings. The van der Waals surface area contributed by atoms with Gasteiger partial charge in [0, 0.05) is 17.5 Å². The van der Waals surface area contributed by atoms with E-state index in [2.05, 4.69) is 6.58 Å². The summed E-state index contributed by atoms with van der Waals surface area (Å²) in [6.45, 7) is 5.27. The molecule has 0 aliphatic heterocycles. The van der Waals surface area contributed by atoms with E-state index in [4.69, 9.17) is 9.47 Å². The van der Waals surface area contributed by atoms with E-state index in [1.807, 2.05) is 6.07 Å². The van der Waals surface area contributed by atoms with Gasteiger partial charge in [-0.25, -0.2) is 0 Å². The number of Topliss-reactive ketones (excluding diaryl/α,β-unsaturated/α-hetero) is 1. The number of carbonyl (C=O) groups excluding carboxylic acids is 2. The van der Waals surface area contributed by atoms with Gasteiger partial charge in [0.25, 0.3) is 0 Å². The molecule has 5 heteroatoms. The number of benzene rings is 2. The van der Waals surface area contributed by atoms with Crippen LogP contribution in [0.25, 0.3) is 6.08 Å². The average Bonchev–Trinajstić information content (AvgIpc) is 2.67. The third-order valence-corrected chi connectivity index (χ3v) is 4.07. The van der Waals surface area contributed by atoms with Gasteiger partial charge in [-0.05, 0) is 30.2 Å². The first-order valence-electron chi connectivity index (χ1n) is 8.32. The standard InChI is InChI=1S/C22H22O5/c1-14(2)19(24)13-17-16(12-20(26-3)21(25)22(17)27-4)10-11-18(23)15-8-6-5-7-9-15/h5-12,25H,1,13H2,2-4H3. The first kappa shape index (κ1) is 20.0. The van der Waals surface area contributed by atoms with Gasteiger partial charge in [-0.15, -0.1) is 0 Å². The van der Waals surface area contributed by atoms with Gasteiger partial charge >= 0.3 is 0 Å². The zero-order valence-electron chi connectivity index (χ0n) is 15.6. The molecule has 0 saturated heterocycles. The third kappa shape index (κ3) is 4.64. The second kappa shape index (κ2) is 8.85. The molecule has 5 nitrogen and oxygen atoms in total. The number of aromatic hydroxyl groups is 1. The minimum atomic E-state index is -0.198. The maximum atomic E-state index is 12.4. The molecule has 0 aliphatic carbocycles. The fraction of sp³-hybridized carbons (Fsp3) is 0.182. The van der Waals surface area contributed by atoms with E-state index in [-0.39, 0.29) is 35.2 Å². The van der Waals surface area contributed by atoms with Crippen LogP contribution in [0.2, 0.25) is 0 Å². The van der Waals surface area contributed by atoms with Gasteiger partial charge in [-0.2, -0.15) is 0 Å². The Morgan fingerprint density at radius 1 is 1.15 bits per heavy atom. The van der Waals surface area contributed by atoms with Crippen molar-refractivity contribution in [2.24, 2.45) is 0 Å². The van der Waals surface area contributed by atoms with Crippen LogP contribution in [-0.2, 0) is 11.2 Å². The highest BCUT2D eigenvalue weighted by molar-refractivity contribution is 6.07. The minimum absolute atomic E-state index is 0.0186. The summed E-state index contributed by atoms with van der Waals surface area (Å²) in [5.74, 6) is -0.252. The van der Waals surface area contributed by atoms with Crippen molar-refractivity contribution >= 4 is 17.6 Å². The van der Waals surface area contributed by atoms with Crippen LogP contribution in [0, 0.1) is 0 Å². The number of phenolic OH excluding ortho intramolecular Hbond substituents is 1. The molecule has 2 aromatic rings. The highest BCUT2D eigenvalue weighted by Crippen LogP contribution is 2.42. The van der Waals surface area contributed by atoms with Gasteiger partial charge in [-0.1, -0.05) is 43.0 Å². The summed E-state index contributed by atoms with van der Waals surface area (Å²) in [5.41, 5.74) is 1.94. The average molecular weight is 366 g/mol. The predicted octanol–water partition coefficient (Wildman–Crippen LogP) is 3.99. The lowest BCUT2D eigenvalue weighted by Gasteiger charge is -2.16. The highest BCUT2D eigenvalue weighted by Gasteiger charge is 2.20. The lowest BCUT2D eigenvalue weighted by Crippen LogP contribution is -2.07. The zero-order chi connectivity index (χ0) is 20.0. The van der Waals surface area contributed by atoms with Crippen molar-refractivity contribution in [3.8, 4) is 17.2 Å². The molecule has 0 atom stereocenters. The Labute approximate surface area is 158 Å². The fourth-order valence-corrected chi connectivity index (χ4v) is 2.56. The van der Waals surface area contributed by atoms with Gasteiger partial charge < -0.3 is 14.6 Å². The van der Waals surface area contributed by atoms with E-state index < -0.39 is 0 Å². The maximum absolute atomic E-state index is 12.4. The Morgan fingerprint density at radius 3 is 2.37 bits per heavy atom. The van der Waals surface area contributed by atoms with Crippen LogP contribution in [0.3, 0.4) is 0 Å². The number of allylic oxidation sites excluding steroid dienone is 2. The molecule has 140 valence electrons. The molecular weight excluding hydrogens is 344 g/mol. The van der Waals surface area contributed by atoms with Crippen molar-refractivity contribution in [1.82, 2.24) is 0 Å². The van der Waals surface area contributed by atoms with Gasteiger partial charge in [0.1, 0.15) is 0 Å². The summed E-state index contributed by atoms with van der Waals surface area (Å²) in [4.78, 5) is 24.6. The molecule has 2 aromatic carbocycles. The van der Waals surface area contributed by atoms with Gasteiger partial charge in [0.15, 0.2) is 23.1 Å². The summed E-state index contributed by atoms with van der Waals surface area (Å²) in [6, 6.07) is 10.4. The van der Waals surface area contributed by atoms with Crippen LogP contribution >= 0.6 is 0 Å². The molecule has 0 heterocycles. The molecule has 0 radical (unpaired) electrons. The zero-order valence-corrected chi connectivity index (χ0v) is 15.6. The van der Waals surface area contributed by atoms with Crippen LogP contribution in [0.15, 0.2) is 54.6 Å². The molecule has 0 bridgehead atoms. The minimum Gasteiger partial charge on any atom is -0.502 e. The monoisotopic (exact) mass is 366 g/mol. The maximum Gasteiger partial charge on any atom is 0.201 e. The fourth-order valence-electron chi connectivity index (χ4n) is 2.56. The predicted molar refractivity (Wildman–Crippen MR) is 105 cm³/mol. The highest BCUT2D eigenvalue weighted by atomic mass is 16.5. The molecule has 0 aromatic heterocycles. The van der Waals surface area contributed by atoms with Crippen LogP contribution in [0.1, 0.15) is 28.4 Å². The molecule has 2 rings (SSSR count). The summed E-state index contributed by atoms with van der Waals surface area (Å²) in [6.07, 6.45) is 2.98. The third-order valence-electron chi connectivity index (χ3n) is 4.07. The molecule has 0 amide bonds. The Bertz CT molecular complexity index is 895. The van der Waals surface area contributed by atoms with Crippen molar-refractivity contribution < 1.29 is 24.2 Å². The number of ketones is 2. The summed E-state index contributed by atoms with van der Waals surface area (Å²) in [5, 5.41) is 10.3. The smallest absolute Gasteiger partial charge is 0.201 e. The van der Waals surface area contributed by atoms with E-state index >= 15 is 0 Å². The Kier molecular flexibility index (Phi) is 6.55. The molecule has 0 fully saturated rings. The van der Waals surface area contributed by atoms with Crippen LogP contribution in [-0.4, -0.2) is 30.9 Å². The Morgan fingerprint density at radius 2 is 1.81 bits per heavy atom. The second-order valence-corrected chi connectivity index (χ2v) is 5.97. The first-order valence-corrected chi connectivity index (χ1v) is 8.32. The number of phenols is 1. The lowest BCUT2D eigenvalue weighted by atomic mass is 9.96. The number of ether oxygens (including phenoxy) is 2. The van der Waals surface area contributed by atoms with E-state index in [0.717, 1.165) is 0 Å². The van der Waals surface area contributed by atoms with Gasteiger partial charge in [0.05, 0.1) is 14.2 Å². The lowest BCUT2D eigenvalue weighted by molar-refractivity contribution is -0.114. The topological polar surface area (TPSA) is 72.8 Å². The molecular formula is C22H22O5. The van der Waals surface area contributed by atoms with Gasteiger partial charge in [-0.3, -0.25) is 9.59 Å². The quantitative estimate of drug-likeness (QED) is 0.565. The number of hydrogen-bond donors (Lipinski definition) is 1. The van der Waals surface area contributed by atoms with Crippen molar-refractivity contribution in [3.05, 3.63) is 71.3 Å². The molecule has 0 unspecified atom stereocenters. The number of carbonyl (C=O) groups is 2. The summed E-state index contributed by atoms with van der Waals surface area (Å²) in [7, 11) is 2.81. The van der Waals surface area contributed by atoms with Crippen molar-refractivity contribution in [1.29, 1.82) is 0 Å². The summed E-state index contributed by atoms with van der Waals surface area (Å²) >= 11 is 0. The summed E-state index contributed by atoms with van der Waals surface area (Å²) < 4.78 is 10.5. The van der Waals surface area contributed by atoms with Crippen LogP contribution in [0.5, 0.6) is 17.2 Å². The van der Waals surface area contributed by atoms with Crippen LogP contribution in [0.4, 0.5) is 0 Å². The SMILES string of the molecule is C=C(C)C(=O)Cc1c(C=CC(=O)c2ccccc2)cc(OC)c(O)c1OC. The number of rotatable bonds is 8. The number of methoxy groups -OCH3 is 2. The van der Waals surface area contributed by atoms with E-state index in [0.29, 0.717) is 22.3 Å². The molecule has 1 N–H and O–H groups in total. The molecule has 27 heavy (non-hydrogen) atoms.